The van der Waals surface area contributed by atoms with Crippen molar-refractivity contribution >= 4 is 28.4 Å². The summed E-state index contributed by atoms with van der Waals surface area (Å²) >= 11 is 1.25. The number of rotatable bonds is 4. The van der Waals surface area contributed by atoms with Crippen LogP contribution >= 0.6 is 11.8 Å². The molecular weight excluding hydrogens is 341 g/mol. The van der Waals surface area contributed by atoms with Crippen molar-refractivity contribution in [1.82, 2.24) is 19.6 Å². The molecule has 0 aliphatic carbocycles. The second-order valence-electron chi connectivity index (χ2n) is 6.00. The van der Waals surface area contributed by atoms with Crippen LogP contribution in [0.25, 0.3) is 16.7 Å². The minimum absolute atomic E-state index is 0.0711. The van der Waals surface area contributed by atoms with E-state index in [0.717, 1.165) is 4.40 Å². The minimum Gasteiger partial charge on any atom is -0.390 e. The molecule has 3 aromatic rings. The largest absolute Gasteiger partial charge is 0.452 e. The summed E-state index contributed by atoms with van der Waals surface area (Å²) in [7, 11) is 0. The van der Waals surface area contributed by atoms with E-state index in [4.69, 9.17) is 0 Å². The van der Waals surface area contributed by atoms with E-state index in [1.54, 1.807) is 38.1 Å². The highest BCUT2D eigenvalue weighted by atomic mass is 32.2. The fourth-order valence-electron chi connectivity index (χ4n) is 2.24. The van der Waals surface area contributed by atoms with E-state index in [-0.39, 0.29) is 5.65 Å². The maximum atomic E-state index is 13.2. The summed E-state index contributed by atoms with van der Waals surface area (Å²) in [6.07, 6.45) is -4.14. The first kappa shape index (κ1) is 17.0. The van der Waals surface area contributed by atoms with Gasteiger partial charge in [-0.2, -0.15) is 13.2 Å². The molecule has 128 valence electrons. The van der Waals surface area contributed by atoms with E-state index in [2.05, 4.69) is 15.2 Å². The van der Waals surface area contributed by atoms with Gasteiger partial charge in [-0.1, -0.05) is 12.1 Å². The predicted molar refractivity (Wildman–Crippen MR) is 84.9 cm³/mol. The lowest BCUT2D eigenvalue weighted by molar-refractivity contribution is -0.145. The zero-order chi connectivity index (χ0) is 17.5. The molecule has 0 aliphatic rings. The van der Waals surface area contributed by atoms with Gasteiger partial charge in [0.15, 0.2) is 5.65 Å². The Morgan fingerprint density at radius 1 is 1.17 bits per heavy atom. The lowest BCUT2D eigenvalue weighted by Crippen LogP contribution is -2.19. The second-order valence-corrected chi connectivity index (χ2v) is 7.08. The van der Waals surface area contributed by atoms with Crippen LogP contribution in [0.4, 0.5) is 13.2 Å². The molecule has 0 unspecified atom stereocenters. The average Bonchev–Trinajstić information content (AvgIpc) is 2.91. The summed E-state index contributed by atoms with van der Waals surface area (Å²) in [5, 5.41) is 17.2. The lowest BCUT2D eigenvalue weighted by Gasteiger charge is -2.16. The number of aliphatic hydroxyl groups is 1. The van der Waals surface area contributed by atoms with Crippen LogP contribution in [0.1, 0.15) is 26.1 Å². The number of aromatic nitrogens is 4. The van der Waals surface area contributed by atoms with Crippen LogP contribution in [0.3, 0.4) is 0 Å². The summed E-state index contributed by atoms with van der Waals surface area (Å²) in [6.45, 7) is 3.35. The Morgan fingerprint density at radius 3 is 2.54 bits per heavy atom. The van der Waals surface area contributed by atoms with E-state index in [9.17, 15) is 18.3 Å². The normalized spacial score (nSPS) is 13.1. The van der Waals surface area contributed by atoms with Crippen LogP contribution in [-0.4, -0.2) is 36.0 Å². The van der Waals surface area contributed by atoms with Gasteiger partial charge >= 0.3 is 6.18 Å². The monoisotopic (exact) mass is 356 g/mol. The van der Waals surface area contributed by atoms with Gasteiger partial charge < -0.3 is 5.11 Å². The van der Waals surface area contributed by atoms with Crippen LogP contribution in [0, 0.1) is 0 Å². The molecule has 2 aromatic heterocycles. The fraction of sp³-hybridized carbons (Fsp3) is 0.400. The highest BCUT2D eigenvalue weighted by molar-refractivity contribution is 7.99. The number of hydrogen-bond donors (Lipinski definition) is 1. The van der Waals surface area contributed by atoms with Crippen LogP contribution in [0.15, 0.2) is 29.3 Å². The number of benzene rings is 1. The Bertz CT molecular complexity index is 886. The van der Waals surface area contributed by atoms with Gasteiger partial charge in [-0.25, -0.2) is 4.98 Å². The van der Waals surface area contributed by atoms with Crippen molar-refractivity contribution in [1.29, 1.82) is 0 Å². The van der Waals surface area contributed by atoms with Crippen molar-refractivity contribution in [3.05, 3.63) is 30.1 Å². The first-order valence-corrected chi connectivity index (χ1v) is 8.22. The fourth-order valence-corrected chi connectivity index (χ4v) is 3.46. The highest BCUT2D eigenvalue weighted by Gasteiger charge is 2.38. The molecule has 5 nitrogen and oxygen atoms in total. The van der Waals surface area contributed by atoms with E-state index in [1.807, 2.05) is 0 Å². The zero-order valence-corrected chi connectivity index (χ0v) is 13.8. The smallest absolute Gasteiger partial charge is 0.390 e. The van der Waals surface area contributed by atoms with Crippen LogP contribution in [0.5, 0.6) is 0 Å². The third-order valence-electron chi connectivity index (χ3n) is 3.41. The van der Waals surface area contributed by atoms with Crippen molar-refractivity contribution in [2.45, 2.75) is 37.1 Å². The minimum atomic E-state index is -4.61. The van der Waals surface area contributed by atoms with Crippen LogP contribution in [0.2, 0.25) is 0 Å². The Balaban J connectivity index is 2.14. The van der Waals surface area contributed by atoms with E-state index in [1.165, 1.54) is 11.8 Å². The number of nitrogens with zero attached hydrogens (tertiary/aromatic N) is 4. The Morgan fingerprint density at radius 2 is 1.88 bits per heavy atom. The first-order chi connectivity index (χ1) is 11.2. The molecule has 9 heteroatoms. The molecule has 24 heavy (non-hydrogen) atoms. The molecule has 0 radical (unpaired) electrons. The number of hydrogen-bond acceptors (Lipinski definition) is 5. The zero-order valence-electron chi connectivity index (χ0n) is 13.0. The van der Waals surface area contributed by atoms with Crippen molar-refractivity contribution in [2.24, 2.45) is 0 Å². The standard InChI is InChI=1S/C15H15F3N4OS/c1-14(2,23)7-8-24-12-11-20-21-13(15(16,17)18)22(11)10-6-4-3-5-9(10)19-12/h3-6,23H,7-8H2,1-2H3. The molecule has 0 atom stereocenters. The van der Waals surface area contributed by atoms with Crippen LogP contribution in [-0.2, 0) is 6.18 Å². The molecule has 0 amide bonds. The van der Waals surface area contributed by atoms with Gasteiger partial charge in [-0.3, -0.25) is 4.40 Å². The van der Waals surface area contributed by atoms with E-state index < -0.39 is 17.6 Å². The summed E-state index contributed by atoms with van der Waals surface area (Å²) in [4.78, 5) is 4.41. The number of fused-ring (bicyclic) bond motifs is 3. The first-order valence-electron chi connectivity index (χ1n) is 7.23. The van der Waals surface area contributed by atoms with Gasteiger partial charge in [-0.15, -0.1) is 22.0 Å². The highest BCUT2D eigenvalue weighted by Crippen LogP contribution is 2.33. The summed E-state index contributed by atoms with van der Waals surface area (Å²) < 4.78 is 40.7. The summed E-state index contributed by atoms with van der Waals surface area (Å²) in [5.41, 5.74) is -0.0511. The molecular formula is C15H15F3N4OS. The predicted octanol–water partition coefficient (Wildman–Crippen LogP) is 3.55. The SMILES string of the molecule is CC(C)(O)CCSc1nc2ccccc2n2c(C(F)(F)F)nnc12. The lowest BCUT2D eigenvalue weighted by atomic mass is 10.1. The Kier molecular flexibility index (Phi) is 4.16. The number of thioether (sulfide) groups is 1. The Hall–Kier alpha value is -1.87. The van der Waals surface area contributed by atoms with Crippen molar-refractivity contribution < 1.29 is 18.3 Å². The molecule has 0 bridgehead atoms. The van der Waals surface area contributed by atoms with Gasteiger partial charge in [0.25, 0.3) is 0 Å². The van der Waals surface area contributed by atoms with E-state index >= 15 is 0 Å². The number of alkyl halides is 3. The average molecular weight is 356 g/mol. The number of para-hydroxylation sites is 2. The molecule has 0 saturated heterocycles. The van der Waals surface area contributed by atoms with Gasteiger partial charge in [0, 0.05) is 5.75 Å². The molecule has 0 spiro atoms. The topological polar surface area (TPSA) is 63.3 Å². The maximum Gasteiger partial charge on any atom is 0.452 e. The third kappa shape index (κ3) is 3.32. The van der Waals surface area contributed by atoms with Gasteiger partial charge in [-0.05, 0) is 32.4 Å². The maximum absolute atomic E-state index is 13.2. The summed E-state index contributed by atoms with van der Waals surface area (Å²) in [6, 6.07) is 6.56. The number of halogens is 3. The quantitative estimate of drug-likeness (QED) is 0.725. The van der Waals surface area contributed by atoms with Crippen molar-refractivity contribution in [2.75, 3.05) is 5.75 Å². The molecule has 0 fully saturated rings. The van der Waals surface area contributed by atoms with Gasteiger partial charge in [0.2, 0.25) is 5.82 Å². The summed E-state index contributed by atoms with van der Waals surface area (Å²) in [5.74, 6) is -0.570. The molecule has 1 N–H and O–H groups in total. The van der Waals surface area contributed by atoms with Crippen LogP contribution < -0.4 is 0 Å². The van der Waals surface area contributed by atoms with Crippen molar-refractivity contribution in [3.63, 3.8) is 0 Å². The van der Waals surface area contributed by atoms with Crippen molar-refractivity contribution in [3.8, 4) is 0 Å². The molecule has 3 rings (SSSR count). The molecule has 0 saturated carbocycles. The Labute approximate surface area is 139 Å². The molecule has 1 aromatic carbocycles. The second kappa shape index (κ2) is 5.89. The third-order valence-corrected chi connectivity index (χ3v) is 4.36. The molecule has 0 aliphatic heterocycles. The molecule has 2 heterocycles. The van der Waals surface area contributed by atoms with Gasteiger partial charge in [0.1, 0.15) is 5.03 Å². The van der Waals surface area contributed by atoms with E-state index in [0.29, 0.717) is 28.2 Å². The van der Waals surface area contributed by atoms with Gasteiger partial charge in [0.05, 0.1) is 16.6 Å².